The van der Waals surface area contributed by atoms with Crippen molar-refractivity contribution in [3.63, 3.8) is 0 Å². The van der Waals surface area contributed by atoms with Gasteiger partial charge in [0, 0.05) is 13.1 Å². The van der Waals surface area contributed by atoms with E-state index in [9.17, 15) is 5.26 Å². The van der Waals surface area contributed by atoms with Crippen LogP contribution in [0.15, 0.2) is 22.7 Å². The average Bonchev–Trinajstić information content (AvgIpc) is 2.34. The van der Waals surface area contributed by atoms with Crippen LogP contribution in [0.25, 0.3) is 0 Å². The molecule has 1 unspecified atom stereocenters. The van der Waals surface area contributed by atoms with Gasteiger partial charge in [-0.3, -0.25) is 5.32 Å². The van der Waals surface area contributed by atoms with E-state index in [0.717, 1.165) is 28.9 Å². The first-order valence-electron chi connectivity index (χ1n) is 5.69. The first-order valence-corrected chi connectivity index (χ1v) is 6.49. The number of nitrogens with one attached hydrogen (secondary N) is 1. The lowest BCUT2D eigenvalue weighted by Crippen LogP contribution is -2.29. The summed E-state index contributed by atoms with van der Waals surface area (Å²) in [6.07, 6.45) is 0. The van der Waals surface area contributed by atoms with E-state index in [1.807, 2.05) is 32.3 Å². The van der Waals surface area contributed by atoms with Gasteiger partial charge in [0.1, 0.15) is 11.8 Å². The van der Waals surface area contributed by atoms with Crippen molar-refractivity contribution in [1.82, 2.24) is 10.2 Å². The van der Waals surface area contributed by atoms with Gasteiger partial charge in [0.05, 0.1) is 17.7 Å². The predicted molar refractivity (Wildman–Crippen MR) is 75.6 cm³/mol. The van der Waals surface area contributed by atoms with Crippen LogP contribution in [0.4, 0.5) is 0 Å². The molecule has 1 rings (SSSR count). The normalized spacial score (nSPS) is 12.2. The van der Waals surface area contributed by atoms with Crippen LogP contribution in [0, 0.1) is 11.3 Å². The van der Waals surface area contributed by atoms with Crippen molar-refractivity contribution in [3.05, 3.63) is 28.2 Å². The molecule has 1 atom stereocenters. The number of nitrogens with zero attached hydrogens (tertiary/aromatic N) is 2. The van der Waals surface area contributed by atoms with Crippen molar-refractivity contribution in [3.8, 4) is 11.8 Å². The van der Waals surface area contributed by atoms with Gasteiger partial charge in [-0.1, -0.05) is 6.07 Å². The molecule has 0 heterocycles. The molecule has 0 bridgehead atoms. The van der Waals surface area contributed by atoms with Crippen molar-refractivity contribution < 1.29 is 4.74 Å². The van der Waals surface area contributed by atoms with Crippen LogP contribution >= 0.6 is 15.9 Å². The summed E-state index contributed by atoms with van der Waals surface area (Å²) in [5.74, 6) is 0.767. The Balaban J connectivity index is 2.71. The second-order valence-corrected chi connectivity index (χ2v) is 5.07. The Morgan fingerprint density at radius 1 is 1.50 bits per heavy atom. The summed E-state index contributed by atoms with van der Waals surface area (Å²) >= 11 is 3.43. The Kier molecular flexibility index (Phi) is 6.13. The summed E-state index contributed by atoms with van der Waals surface area (Å²) < 4.78 is 6.03. The second kappa shape index (κ2) is 7.37. The summed E-state index contributed by atoms with van der Waals surface area (Å²) in [6, 6.07) is 7.64. The van der Waals surface area contributed by atoms with Crippen molar-refractivity contribution in [2.45, 2.75) is 6.04 Å². The van der Waals surface area contributed by atoms with Crippen LogP contribution in [-0.4, -0.2) is 39.2 Å². The fraction of sp³-hybridized carbons (Fsp3) is 0.462. The highest BCUT2D eigenvalue weighted by Gasteiger charge is 2.11. The molecule has 1 aromatic carbocycles. The zero-order chi connectivity index (χ0) is 13.5. The zero-order valence-electron chi connectivity index (χ0n) is 10.9. The lowest BCUT2D eigenvalue weighted by atomic mass is 10.1. The van der Waals surface area contributed by atoms with Gasteiger partial charge in [-0.15, -0.1) is 0 Å². The Bertz CT molecular complexity index is 429. The van der Waals surface area contributed by atoms with E-state index in [0.29, 0.717) is 0 Å². The molecule has 0 spiro atoms. The number of likely N-dealkylation sites (N-methyl/N-ethyl adjacent to an activating group) is 1. The van der Waals surface area contributed by atoms with Crippen molar-refractivity contribution in [2.75, 3.05) is 34.3 Å². The highest BCUT2D eigenvalue weighted by atomic mass is 79.9. The first kappa shape index (κ1) is 15.0. The SMILES string of the molecule is COc1ccc(C(C#N)NCCN(C)C)cc1Br. The van der Waals surface area contributed by atoms with E-state index < -0.39 is 0 Å². The topological polar surface area (TPSA) is 48.3 Å². The van der Waals surface area contributed by atoms with Gasteiger partial charge in [-0.2, -0.15) is 5.26 Å². The molecular weight excluding hydrogens is 294 g/mol. The van der Waals surface area contributed by atoms with Gasteiger partial charge in [-0.05, 0) is 47.7 Å². The Morgan fingerprint density at radius 3 is 2.72 bits per heavy atom. The molecule has 1 aromatic rings. The number of methoxy groups -OCH3 is 1. The van der Waals surface area contributed by atoms with E-state index in [4.69, 9.17) is 4.74 Å². The summed E-state index contributed by atoms with van der Waals surface area (Å²) in [5.41, 5.74) is 0.934. The minimum absolute atomic E-state index is 0.299. The molecule has 4 nitrogen and oxygen atoms in total. The molecule has 0 amide bonds. The van der Waals surface area contributed by atoms with Gasteiger partial charge >= 0.3 is 0 Å². The number of hydrogen-bond acceptors (Lipinski definition) is 4. The Labute approximate surface area is 117 Å². The molecule has 0 saturated heterocycles. The summed E-state index contributed by atoms with van der Waals surface area (Å²) in [4.78, 5) is 2.07. The molecular formula is C13H18BrN3O. The van der Waals surface area contributed by atoms with E-state index in [2.05, 4.69) is 32.2 Å². The molecule has 18 heavy (non-hydrogen) atoms. The molecule has 0 aromatic heterocycles. The summed E-state index contributed by atoms with van der Waals surface area (Å²) in [7, 11) is 5.64. The predicted octanol–water partition coefficient (Wildman–Crippen LogP) is 2.17. The minimum Gasteiger partial charge on any atom is -0.496 e. The van der Waals surface area contributed by atoms with Crippen LogP contribution in [0.3, 0.4) is 0 Å². The minimum atomic E-state index is -0.299. The number of nitriles is 1. The molecule has 98 valence electrons. The number of benzene rings is 1. The van der Waals surface area contributed by atoms with E-state index in [-0.39, 0.29) is 6.04 Å². The maximum atomic E-state index is 9.19. The third-order valence-electron chi connectivity index (χ3n) is 2.55. The lowest BCUT2D eigenvalue weighted by molar-refractivity contribution is 0.394. The molecule has 0 aliphatic carbocycles. The van der Waals surface area contributed by atoms with E-state index in [1.165, 1.54) is 0 Å². The van der Waals surface area contributed by atoms with Gasteiger partial charge < -0.3 is 9.64 Å². The van der Waals surface area contributed by atoms with Gasteiger partial charge in [0.2, 0.25) is 0 Å². The maximum absolute atomic E-state index is 9.19. The number of halogens is 1. The highest BCUT2D eigenvalue weighted by molar-refractivity contribution is 9.10. The molecule has 0 saturated carbocycles. The third-order valence-corrected chi connectivity index (χ3v) is 3.17. The number of rotatable bonds is 6. The van der Waals surface area contributed by atoms with Gasteiger partial charge in [0.25, 0.3) is 0 Å². The van der Waals surface area contributed by atoms with Crippen molar-refractivity contribution in [2.24, 2.45) is 0 Å². The van der Waals surface area contributed by atoms with Gasteiger partial charge in [-0.25, -0.2) is 0 Å². The van der Waals surface area contributed by atoms with Crippen LogP contribution in [0.1, 0.15) is 11.6 Å². The van der Waals surface area contributed by atoms with Crippen molar-refractivity contribution in [1.29, 1.82) is 5.26 Å². The lowest BCUT2D eigenvalue weighted by Gasteiger charge is -2.15. The summed E-state index contributed by atoms with van der Waals surface area (Å²) in [5, 5.41) is 12.4. The Hall–Kier alpha value is -1.09. The largest absolute Gasteiger partial charge is 0.496 e. The quantitative estimate of drug-likeness (QED) is 0.874. The van der Waals surface area contributed by atoms with E-state index in [1.54, 1.807) is 7.11 Å². The van der Waals surface area contributed by atoms with Crippen LogP contribution < -0.4 is 10.1 Å². The molecule has 0 radical (unpaired) electrons. The maximum Gasteiger partial charge on any atom is 0.133 e. The Morgan fingerprint density at radius 2 is 2.22 bits per heavy atom. The molecule has 1 N–H and O–H groups in total. The smallest absolute Gasteiger partial charge is 0.133 e. The first-order chi connectivity index (χ1) is 8.58. The van der Waals surface area contributed by atoms with Crippen LogP contribution in [-0.2, 0) is 0 Å². The van der Waals surface area contributed by atoms with E-state index >= 15 is 0 Å². The molecule has 5 heteroatoms. The van der Waals surface area contributed by atoms with Crippen LogP contribution in [0.2, 0.25) is 0 Å². The molecule has 0 fully saturated rings. The average molecular weight is 312 g/mol. The summed E-state index contributed by atoms with van der Waals surface area (Å²) in [6.45, 7) is 1.67. The molecule has 0 aliphatic heterocycles. The van der Waals surface area contributed by atoms with Crippen LogP contribution in [0.5, 0.6) is 5.75 Å². The fourth-order valence-corrected chi connectivity index (χ4v) is 2.09. The van der Waals surface area contributed by atoms with Crippen molar-refractivity contribution >= 4 is 15.9 Å². The van der Waals surface area contributed by atoms with Gasteiger partial charge in [0.15, 0.2) is 0 Å². The fourth-order valence-electron chi connectivity index (χ4n) is 1.53. The zero-order valence-corrected chi connectivity index (χ0v) is 12.5. The monoisotopic (exact) mass is 311 g/mol. The molecule has 0 aliphatic rings. The number of hydrogen-bond donors (Lipinski definition) is 1. The number of ether oxygens (including phenoxy) is 1. The third kappa shape index (κ3) is 4.30. The second-order valence-electron chi connectivity index (χ2n) is 4.21. The standard InChI is InChI=1S/C13H18BrN3O/c1-17(2)7-6-16-12(9-15)10-4-5-13(18-3)11(14)8-10/h4-5,8,12,16H,6-7H2,1-3H3. The highest BCUT2D eigenvalue weighted by Crippen LogP contribution is 2.27.